The van der Waals surface area contributed by atoms with Crippen LogP contribution in [0.25, 0.3) is 0 Å². The molecule has 0 aliphatic carbocycles. The van der Waals surface area contributed by atoms with E-state index in [4.69, 9.17) is 9.84 Å². The van der Waals surface area contributed by atoms with Crippen LogP contribution in [-0.4, -0.2) is 53.3 Å². The molecule has 2 saturated heterocycles. The van der Waals surface area contributed by atoms with Gasteiger partial charge < -0.3 is 20.1 Å². The number of carbonyl (C=O) groups is 2. The average Bonchev–Trinajstić information content (AvgIpc) is 2.63. The molecule has 0 aromatic carbocycles. The summed E-state index contributed by atoms with van der Waals surface area (Å²) >= 11 is 0. The maximum atomic E-state index is 12.0. The number of hydrogen-bond acceptors (Lipinski definition) is 3. The number of morpholine rings is 1. The Bertz CT molecular complexity index is 333. The SMILES string of the molecule is CC(C)C(NC(=O)N1CC2CCC(C1)O2)C(=O)O. The third-order valence-corrected chi connectivity index (χ3v) is 3.54. The molecule has 3 unspecified atom stereocenters. The van der Waals surface area contributed by atoms with Crippen LogP contribution in [0.15, 0.2) is 0 Å². The van der Waals surface area contributed by atoms with Gasteiger partial charge in [0.15, 0.2) is 0 Å². The Balaban J connectivity index is 1.93. The molecule has 2 rings (SSSR count). The second kappa shape index (κ2) is 5.14. The van der Waals surface area contributed by atoms with Crippen molar-refractivity contribution in [1.29, 1.82) is 0 Å². The molecule has 2 aliphatic heterocycles. The van der Waals surface area contributed by atoms with E-state index in [0.717, 1.165) is 12.8 Å². The summed E-state index contributed by atoms with van der Waals surface area (Å²) in [4.78, 5) is 24.7. The minimum absolute atomic E-state index is 0.122. The van der Waals surface area contributed by atoms with E-state index < -0.39 is 12.0 Å². The number of nitrogens with zero attached hydrogens (tertiary/aromatic N) is 1. The predicted molar refractivity (Wildman–Crippen MR) is 64.3 cm³/mol. The minimum Gasteiger partial charge on any atom is -0.480 e. The van der Waals surface area contributed by atoms with Gasteiger partial charge in [-0.2, -0.15) is 0 Å². The lowest BCUT2D eigenvalue weighted by Crippen LogP contribution is -2.54. The molecule has 3 atom stereocenters. The molecule has 6 heteroatoms. The summed E-state index contributed by atoms with van der Waals surface area (Å²) in [5.74, 6) is -1.13. The largest absolute Gasteiger partial charge is 0.480 e. The van der Waals surface area contributed by atoms with Crippen LogP contribution in [0.3, 0.4) is 0 Å². The van der Waals surface area contributed by atoms with Gasteiger partial charge in [-0.25, -0.2) is 9.59 Å². The van der Waals surface area contributed by atoms with Crippen LogP contribution < -0.4 is 5.32 Å². The number of carboxylic acid groups (broad SMARTS) is 1. The first-order valence-corrected chi connectivity index (χ1v) is 6.41. The van der Waals surface area contributed by atoms with Gasteiger partial charge >= 0.3 is 12.0 Å². The molecule has 18 heavy (non-hydrogen) atoms. The molecular formula is C12H20N2O4. The number of hydrogen-bond donors (Lipinski definition) is 2. The van der Waals surface area contributed by atoms with Crippen molar-refractivity contribution in [2.75, 3.05) is 13.1 Å². The van der Waals surface area contributed by atoms with E-state index >= 15 is 0 Å². The molecule has 0 saturated carbocycles. The molecule has 2 amide bonds. The van der Waals surface area contributed by atoms with Gasteiger partial charge in [-0.3, -0.25) is 0 Å². The van der Waals surface area contributed by atoms with Crippen LogP contribution in [0.2, 0.25) is 0 Å². The van der Waals surface area contributed by atoms with E-state index in [0.29, 0.717) is 13.1 Å². The molecule has 2 bridgehead atoms. The Morgan fingerprint density at radius 2 is 1.83 bits per heavy atom. The van der Waals surface area contributed by atoms with Crippen molar-refractivity contribution in [2.45, 2.75) is 44.9 Å². The zero-order valence-corrected chi connectivity index (χ0v) is 10.8. The smallest absolute Gasteiger partial charge is 0.326 e. The molecule has 2 fully saturated rings. The standard InChI is InChI=1S/C12H20N2O4/c1-7(2)10(11(15)16)13-12(17)14-5-8-3-4-9(6-14)18-8/h7-10H,3-6H2,1-2H3,(H,13,17)(H,15,16). The van der Waals surface area contributed by atoms with Gasteiger partial charge in [0, 0.05) is 13.1 Å². The maximum Gasteiger partial charge on any atom is 0.326 e. The van der Waals surface area contributed by atoms with Crippen molar-refractivity contribution in [2.24, 2.45) is 5.92 Å². The first-order valence-electron chi connectivity index (χ1n) is 6.41. The number of rotatable bonds is 3. The molecule has 0 radical (unpaired) electrons. The van der Waals surface area contributed by atoms with E-state index in [2.05, 4.69) is 5.32 Å². The van der Waals surface area contributed by atoms with Crippen LogP contribution in [-0.2, 0) is 9.53 Å². The molecular weight excluding hydrogens is 236 g/mol. The molecule has 2 heterocycles. The van der Waals surface area contributed by atoms with Crippen molar-refractivity contribution < 1.29 is 19.4 Å². The van der Waals surface area contributed by atoms with Gasteiger partial charge in [0.1, 0.15) is 6.04 Å². The summed E-state index contributed by atoms with van der Waals surface area (Å²) < 4.78 is 5.64. The number of carbonyl (C=O) groups excluding carboxylic acids is 1. The summed E-state index contributed by atoms with van der Waals surface area (Å²) in [6, 6.07) is -1.13. The first kappa shape index (κ1) is 13.1. The van der Waals surface area contributed by atoms with Gasteiger partial charge in [-0.1, -0.05) is 13.8 Å². The molecule has 0 aromatic rings. The van der Waals surface area contributed by atoms with Crippen LogP contribution >= 0.6 is 0 Å². The van der Waals surface area contributed by atoms with Crippen molar-refractivity contribution in [1.82, 2.24) is 10.2 Å². The van der Waals surface area contributed by atoms with Gasteiger partial charge in [0.05, 0.1) is 12.2 Å². The Kier molecular flexibility index (Phi) is 3.75. The number of urea groups is 1. The number of nitrogens with one attached hydrogen (secondary N) is 1. The van der Waals surface area contributed by atoms with Gasteiger partial charge in [-0.15, -0.1) is 0 Å². The summed E-state index contributed by atoms with van der Waals surface area (Å²) in [6.45, 7) is 4.68. The maximum absolute atomic E-state index is 12.0. The van der Waals surface area contributed by atoms with Crippen LogP contribution in [0, 0.1) is 5.92 Å². The van der Waals surface area contributed by atoms with Gasteiger partial charge in [0.25, 0.3) is 0 Å². The molecule has 0 aromatic heterocycles. The number of fused-ring (bicyclic) bond motifs is 2. The van der Waals surface area contributed by atoms with E-state index in [1.54, 1.807) is 18.7 Å². The Morgan fingerprint density at radius 3 is 2.28 bits per heavy atom. The molecule has 102 valence electrons. The third kappa shape index (κ3) is 2.75. The van der Waals surface area contributed by atoms with E-state index in [-0.39, 0.29) is 24.2 Å². The van der Waals surface area contributed by atoms with Crippen LogP contribution in [0.1, 0.15) is 26.7 Å². The number of amides is 2. The Morgan fingerprint density at radius 1 is 1.28 bits per heavy atom. The fraction of sp³-hybridized carbons (Fsp3) is 0.833. The number of aliphatic carboxylic acids is 1. The molecule has 2 N–H and O–H groups in total. The Hall–Kier alpha value is -1.30. The summed E-state index contributed by atoms with van der Waals surface area (Å²) in [7, 11) is 0. The van der Waals surface area contributed by atoms with E-state index in [1.807, 2.05) is 0 Å². The monoisotopic (exact) mass is 256 g/mol. The van der Waals surface area contributed by atoms with Crippen molar-refractivity contribution in [3.8, 4) is 0 Å². The Labute approximate surface area is 106 Å². The molecule has 6 nitrogen and oxygen atoms in total. The van der Waals surface area contributed by atoms with E-state index in [9.17, 15) is 9.59 Å². The zero-order valence-electron chi connectivity index (χ0n) is 10.8. The average molecular weight is 256 g/mol. The van der Waals surface area contributed by atoms with Gasteiger partial charge in [-0.05, 0) is 18.8 Å². The van der Waals surface area contributed by atoms with Crippen LogP contribution in [0.4, 0.5) is 4.79 Å². The highest BCUT2D eigenvalue weighted by molar-refractivity contribution is 5.82. The van der Waals surface area contributed by atoms with Gasteiger partial charge in [0.2, 0.25) is 0 Å². The number of carboxylic acids is 1. The fourth-order valence-corrected chi connectivity index (χ4v) is 2.52. The molecule has 0 spiro atoms. The predicted octanol–water partition coefficient (Wildman–Crippen LogP) is 0.668. The van der Waals surface area contributed by atoms with E-state index in [1.165, 1.54) is 0 Å². The number of likely N-dealkylation sites (tertiary alicyclic amines) is 1. The summed E-state index contributed by atoms with van der Waals surface area (Å²) in [5.41, 5.74) is 0. The topological polar surface area (TPSA) is 78.9 Å². The minimum atomic E-state index is -0.991. The first-order chi connectivity index (χ1) is 8.47. The lowest BCUT2D eigenvalue weighted by Gasteiger charge is -2.33. The summed E-state index contributed by atoms with van der Waals surface area (Å²) in [5, 5.41) is 11.6. The van der Waals surface area contributed by atoms with Crippen molar-refractivity contribution in [3.63, 3.8) is 0 Å². The fourth-order valence-electron chi connectivity index (χ4n) is 2.52. The second-order valence-corrected chi connectivity index (χ2v) is 5.37. The summed E-state index contributed by atoms with van der Waals surface area (Å²) in [6.07, 6.45) is 2.22. The van der Waals surface area contributed by atoms with Crippen molar-refractivity contribution >= 4 is 12.0 Å². The lowest BCUT2D eigenvalue weighted by molar-refractivity contribution is -0.140. The normalized spacial score (nSPS) is 28.3. The highest BCUT2D eigenvalue weighted by atomic mass is 16.5. The quantitative estimate of drug-likeness (QED) is 0.778. The third-order valence-electron chi connectivity index (χ3n) is 3.54. The van der Waals surface area contributed by atoms with Crippen molar-refractivity contribution in [3.05, 3.63) is 0 Å². The highest BCUT2D eigenvalue weighted by Gasteiger charge is 2.36. The zero-order chi connectivity index (χ0) is 13.3. The second-order valence-electron chi connectivity index (χ2n) is 5.37. The molecule has 2 aliphatic rings. The number of ether oxygens (including phenoxy) is 1. The lowest BCUT2D eigenvalue weighted by atomic mass is 10.1. The highest BCUT2D eigenvalue weighted by Crippen LogP contribution is 2.26. The van der Waals surface area contributed by atoms with Crippen LogP contribution in [0.5, 0.6) is 0 Å².